The van der Waals surface area contributed by atoms with Gasteiger partial charge in [-0.05, 0) is 42.1 Å². The fourth-order valence-corrected chi connectivity index (χ4v) is 3.91. The van der Waals surface area contributed by atoms with Gasteiger partial charge in [0.2, 0.25) is 5.82 Å². The minimum atomic E-state index is -0.479. The third kappa shape index (κ3) is 4.12. The maximum atomic E-state index is 13.8. The Kier molecular flexibility index (Phi) is 5.78. The molecule has 4 aromatic rings. The quantitative estimate of drug-likeness (QED) is 0.308. The molecule has 0 saturated heterocycles. The Bertz CT molecular complexity index is 1290. The lowest BCUT2D eigenvalue weighted by Gasteiger charge is -2.24. The molecule has 0 saturated carbocycles. The summed E-state index contributed by atoms with van der Waals surface area (Å²) in [5.41, 5.74) is 0.996. The lowest BCUT2D eigenvalue weighted by atomic mass is 10.1. The zero-order valence-electron chi connectivity index (χ0n) is 17.2. The van der Waals surface area contributed by atoms with Crippen LogP contribution in [0.5, 0.6) is 0 Å². The maximum absolute atomic E-state index is 13.8. The average Bonchev–Trinajstić information content (AvgIpc) is 3.47. The highest BCUT2D eigenvalue weighted by Gasteiger charge is 2.26. The van der Waals surface area contributed by atoms with E-state index in [2.05, 4.69) is 10.1 Å². The standard InChI is InChI=1S/C22H18FN5O3S/c1-14(15-6-3-9-18(12-15)28(30)31)26(2)22(29)20-24-21(19-10-5-11-32-19)27(25-20)17-8-4-7-16(23)13-17/h3-14H,1-2H3. The zero-order chi connectivity index (χ0) is 22.8. The number of aromatic nitrogens is 3. The molecule has 0 fully saturated rings. The summed E-state index contributed by atoms with van der Waals surface area (Å²) in [7, 11) is 1.58. The molecular formula is C22H18FN5O3S. The van der Waals surface area contributed by atoms with Crippen molar-refractivity contribution in [1.82, 2.24) is 19.7 Å². The van der Waals surface area contributed by atoms with Crippen LogP contribution in [-0.4, -0.2) is 37.5 Å². The second-order valence-electron chi connectivity index (χ2n) is 7.07. The van der Waals surface area contributed by atoms with Crippen LogP contribution in [0.15, 0.2) is 66.0 Å². The number of thiophene rings is 1. The highest BCUT2D eigenvalue weighted by atomic mass is 32.1. The molecule has 1 unspecified atom stereocenters. The summed E-state index contributed by atoms with van der Waals surface area (Å²) in [6.07, 6.45) is 0. The molecular weight excluding hydrogens is 433 g/mol. The highest BCUT2D eigenvalue weighted by molar-refractivity contribution is 7.13. The van der Waals surface area contributed by atoms with E-state index in [0.717, 1.165) is 4.88 Å². The number of nitro groups is 1. The summed E-state index contributed by atoms with van der Waals surface area (Å²) >= 11 is 1.42. The molecule has 1 atom stereocenters. The van der Waals surface area contributed by atoms with Crippen LogP contribution in [0, 0.1) is 15.9 Å². The summed E-state index contributed by atoms with van der Waals surface area (Å²) in [5, 5.41) is 17.3. The fourth-order valence-electron chi connectivity index (χ4n) is 3.21. The second-order valence-corrected chi connectivity index (χ2v) is 8.02. The van der Waals surface area contributed by atoms with Gasteiger partial charge in [0, 0.05) is 19.2 Å². The van der Waals surface area contributed by atoms with Crippen molar-refractivity contribution in [2.45, 2.75) is 13.0 Å². The van der Waals surface area contributed by atoms with Crippen LogP contribution in [0.2, 0.25) is 0 Å². The molecule has 0 bridgehead atoms. The molecule has 4 rings (SSSR count). The number of hydrogen-bond donors (Lipinski definition) is 0. The van der Waals surface area contributed by atoms with Crippen molar-refractivity contribution in [3.05, 3.63) is 93.4 Å². The van der Waals surface area contributed by atoms with Crippen LogP contribution >= 0.6 is 11.3 Å². The number of benzene rings is 2. The van der Waals surface area contributed by atoms with Gasteiger partial charge in [-0.25, -0.2) is 14.1 Å². The summed E-state index contributed by atoms with van der Waals surface area (Å²) in [6, 6.07) is 15.2. The average molecular weight is 451 g/mol. The molecule has 0 N–H and O–H groups in total. The number of halogens is 1. The van der Waals surface area contributed by atoms with E-state index in [1.807, 2.05) is 17.5 Å². The maximum Gasteiger partial charge on any atom is 0.293 e. The Hall–Kier alpha value is -3.92. The van der Waals surface area contributed by atoms with Crippen molar-refractivity contribution < 1.29 is 14.1 Å². The SMILES string of the molecule is CC(c1cccc([N+](=O)[O-])c1)N(C)C(=O)c1nc(-c2cccs2)n(-c2cccc(F)c2)n1. The van der Waals surface area contributed by atoms with E-state index >= 15 is 0 Å². The van der Waals surface area contributed by atoms with Gasteiger partial charge in [0.25, 0.3) is 11.6 Å². The number of nitrogens with zero attached hydrogens (tertiary/aromatic N) is 5. The molecule has 0 radical (unpaired) electrons. The van der Waals surface area contributed by atoms with E-state index in [0.29, 0.717) is 17.1 Å². The van der Waals surface area contributed by atoms with Crippen LogP contribution in [-0.2, 0) is 0 Å². The first-order valence-electron chi connectivity index (χ1n) is 9.63. The fraction of sp³-hybridized carbons (Fsp3) is 0.136. The monoisotopic (exact) mass is 451 g/mol. The van der Waals surface area contributed by atoms with Crippen LogP contribution in [0.1, 0.15) is 29.1 Å². The van der Waals surface area contributed by atoms with E-state index < -0.39 is 22.7 Å². The molecule has 10 heteroatoms. The van der Waals surface area contributed by atoms with E-state index in [1.54, 1.807) is 38.2 Å². The van der Waals surface area contributed by atoms with E-state index in [4.69, 9.17) is 0 Å². The number of nitro benzene ring substituents is 1. The van der Waals surface area contributed by atoms with Crippen molar-refractivity contribution >= 4 is 22.9 Å². The molecule has 1 amide bonds. The molecule has 162 valence electrons. The smallest absolute Gasteiger partial charge is 0.293 e. The summed E-state index contributed by atoms with van der Waals surface area (Å²) in [6.45, 7) is 1.76. The number of carbonyl (C=O) groups is 1. The summed E-state index contributed by atoms with van der Waals surface area (Å²) < 4.78 is 15.3. The van der Waals surface area contributed by atoms with Gasteiger partial charge in [0.05, 0.1) is 21.5 Å². The van der Waals surface area contributed by atoms with Gasteiger partial charge < -0.3 is 4.90 Å². The Labute approximate surface area is 186 Å². The number of amides is 1. The number of carbonyl (C=O) groups excluding carboxylic acids is 1. The minimum Gasteiger partial charge on any atom is -0.332 e. The second kappa shape index (κ2) is 8.67. The van der Waals surface area contributed by atoms with Gasteiger partial charge in [-0.3, -0.25) is 14.9 Å². The first-order valence-corrected chi connectivity index (χ1v) is 10.5. The molecule has 2 heterocycles. The molecule has 0 aliphatic heterocycles. The van der Waals surface area contributed by atoms with Crippen molar-refractivity contribution in [3.63, 3.8) is 0 Å². The predicted octanol–water partition coefficient (Wildman–Crippen LogP) is 4.88. The number of non-ortho nitro benzene ring substituents is 1. The van der Waals surface area contributed by atoms with Crippen LogP contribution < -0.4 is 0 Å². The molecule has 0 spiro atoms. The van der Waals surface area contributed by atoms with Gasteiger partial charge >= 0.3 is 0 Å². The van der Waals surface area contributed by atoms with Gasteiger partial charge in [-0.2, -0.15) is 0 Å². The van der Waals surface area contributed by atoms with Gasteiger partial charge in [0.15, 0.2) is 5.82 Å². The number of rotatable bonds is 6. The molecule has 2 aromatic carbocycles. The van der Waals surface area contributed by atoms with Gasteiger partial charge in [-0.1, -0.05) is 24.3 Å². The summed E-state index contributed by atoms with van der Waals surface area (Å²) in [4.78, 5) is 30.4. The van der Waals surface area contributed by atoms with E-state index in [1.165, 1.54) is 45.2 Å². The first-order chi connectivity index (χ1) is 15.3. The largest absolute Gasteiger partial charge is 0.332 e. The first kappa shape index (κ1) is 21.3. The topological polar surface area (TPSA) is 94.2 Å². The Morgan fingerprint density at radius 2 is 1.97 bits per heavy atom. The molecule has 2 aromatic heterocycles. The normalized spacial score (nSPS) is 11.8. The Morgan fingerprint density at radius 1 is 1.19 bits per heavy atom. The third-order valence-corrected chi connectivity index (χ3v) is 5.92. The van der Waals surface area contributed by atoms with Crippen molar-refractivity contribution in [1.29, 1.82) is 0 Å². The van der Waals surface area contributed by atoms with Crippen molar-refractivity contribution in [2.24, 2.45) is 0 Å². The van der Waals surface area contributed by atoms with Crippen LogP contribution in [0.25, 0.3) is 16.4 Å². The molecule has 0 aliphatic rings. The van der Waals surface area contributed by atoms with Gasteiger partial charge in [-0.15, -0.1) is 16.4 Å². The molecule has 0 aliphatic carbocycles. The summed E-state index contributed by atoms with van der Waals surface area (Å²) in [5.74, 6) is -0.529. The lowest BCUT2D eigenvalue weighted by molar-refractivity contribution is -0.384. The molecule has 8 nitrogen and oxygen atoms in total. The van der Waals surface area contributed by atoms with Crippen LogP contribution in [0.4, 0.5) is 10.1 Å². The van der Waals surface area contributed by atoms with E-state index in [9.17, 15) is 19.3 Å². The van der Waals surface area contributed by atoms with E-state index in [-0.39, 0.29) is 11.5 Å². The van der Waals surface area contributed by atoms with Crippen LogP contribution in [0.3, 0.4) is 0 Å². The Morgan fingerprint density at radius 3 is 2.66 bits per heavy atom. The number of hydrogen-bond acceptors (Lipinski definition) is 6. The Balaban J connectivity index is 1.70. The van der Waals surface area contributed by atoms with Crippen molar-refractivity contribution in [3.8, 4) is 16.4 Å². The minimum absolute atomic E-state index is 0.0521. The highest BCUT2D eigenvalue weighted by Crippen LogP contribution is 2.28. The van der Waals surface area contributed by atoms with Gasteiger partial charge in [0.1, 0.15) is 5.82 Å². The van der Waals surface area contributed by atoms with Crippen molar-refractivity contribution in [2.75, 3.05) is 7.05 Å². The predicted molar refractivity (Wildman–Crippen MR) is 118 cm³/mol. The molecule has 32 heavy (non-hydrogen) atoms. The zero-order valence-corrected chi connectivity index (χ0v) is 18.0. The third-order valence-electron chi connectivity index (χ3n) is 5.06. The lowest BCUT2D eigenvalue weighted by Crippen LogP contribution is -2.30.